The number of carbonyl (C=O) groups is 3. The number of benzene rings is 1. The number of nitrogens with zero attached hydrogens (tertiary/aromatic N) is 1. The summed E-state index contributed by atoms with van der Waals surface area (Å²) in [6.45, 7) is 8.38. The van der Waals surface area contributed by atoms with Crippen molar-refractivity contribution in [2.45, 2.75) is 63.2 Å². The molecule has 142 valence electrons. The van der Waals surface area contributed by atoms with Crippen LogP contribution in [0.4, 0.5) is 4.79 Å². The number of carbonyl (C=O) groups excluding carboxylic acids is 2. The molecule has 0 radical (unpaired) electrons. The van der Waals surface area contributed by atoms with E-state index in [1.54, 1.807) is 19.1 Å². The molecule has 6 heteroatoms. The van der Waals surface area contributed by atoms with Crippen LogP contribution in [0.15, 0.2) is 24.3 Å². The highest BCUT2D eigenvalue weighted by atomic mass is 79.9. The quantitative estimate of drug-likeness (QED) is 0.437. The Morgan fingerprint density at radius 1 is 1.23 bits per heavy atom. The standard InChI is InChI=1S/C20H26BrNO4/c1-13-6-5-11-22(13,19(25)26)17(23)12-16(21)18(24)14-7-9-15(10-8-14)20(2,3)4/h7-10,13,16H,5-6,11-12H2,1-4H3/p+1/t13-,16?,22?/m1/s1. The number of likely N-dealkylation sites (tertiary alicyclic amines) is 1. The topological polar surface area (TPSA) is 71.4 Å². The molecule has 1 aliphatic rings. The molecule has 1 saturated heterocycles. The molecule has 0 aliphatic carbocycles. The van der Waals surface area contributed by atoms with Gasteiger partial charge in [0.05, 0.1) is 17.8 Å². The van der Waals surface area contributed by atoms with Crippen molar-refractivity contribution in [1.82, 2.24) is 0 Å². The van der Waals surface area contributed by atoms with Gasteiger partial charge in [-0.05, 0) is 17.9 Å². The van der Waals surface area contributed by atoms with E-state index >= 15 is 0 Å². The Balaban J connectivity index is 2.13. The van der Waals surface area contributed by atoms with Crippen molar-refractivity contribution >= 4 is 33.7 Å². The van der Waals surface area contributed by atoms with Crippen LogP contribution in [-0.2, 0) is 10.2 Å². The molecule has 1 aliphatic heterocycles. The summed E-state index contributed by atoms with van der Waals surface area (Å²) in [6.07, 6.45) is 0.152. The van der Waals surface area contributed by atoms with Gasteiger partial charge in [-0.1, -0.05) is 61.0 Å². The van der Waals surface area contributed by atoms with E-state index in [0.717, 1.165) is 5.56 Å². The lowest BCUT2D eigenvalue weighted by atomic mass is 9.86. The Kier molecular flexibility index (Phi) is 6.08. The maximum Gasteiger partial charge on any atom is 0.521 e. The fraction of sp³-hybridized carbons (Fsp3) is 0.550. The third kappa shape index (κ3) is 3.91. The summed E-state index contributed by atoms with van der Waals surface area (Å²) in [5.74, 6) is -0.613. The molecule has 1 heterocycles. The van der Waals surface area contributed by atoms with Crippen LogP contribution in [0.25, 0.3) is 0 Å². The molecule has 0 bridgehead atoms. The van der Waals surface area contributed by atoms with Gasteiger partial charge in [0.15, 0.2) is 5.78 Å². The number of rotatable bonds is 4. The van der Waals surface area contributed by atoms with Crippen LogP contribution in [0.5, 0.6) is 0 Å². The van der Waals surface area contributed by atoms with Crippen LogP contribution in [0, 0.1) is 0 Å². The molecule has 1 aromatic carbocycles. The van der Waals surface area contributed by atoms with Gasteiger partial charge in [-0.3, -0.25) is 4.79 Å². The van der Waals surface area contributed by atoms with Crippen LogP contribution in [0.3, 0.4) is 0 Å². The first kappa shape index (κ1) is 20.8. The van der Waals surface area contributed by atoms with E-state index in [0.29, 0.717) is 24.9 Å². The average molecular weight is 425 g/mol. The highest BCUT2D eigenvalue weighted by Gasteiger charge is 2.53. The van der Waals surface area contributed by atoms with Gasteiger partial charge in [0.1, 0.15) is 6.04 Å². The SMILES string of the molecule is C[C@@H]1CCC[N+]1(C(=O)O)C(=O)CC(Br)C(=O)c1ccc(C(C)(C)C)cc1. The molecular formula is C20H27BrNO4+. The predicted molar refractivity (Wildman–Crippen MR) is 104 cm³/mol. The van der Waals surface area contributed by atoms with Crippen molar-refractivity contribution in [3.8, 4) is 0 Å². The van der Waals surface area contributed by atoms with E-state index in [4.69, 9.17) is 0 Å². The number of halogens is 1. The zero-order valence-corrected chi connectivity index (χ0v) is 17.4. The summed E-state index contributed by atoms with van der Waals surface area (Å²) in [5, 5.41) is 9.63. The van der Waals surface area contributed by atoms with Gasteiger partial charge in [-0.15, -0.1) is 0 Å². The van der Waals surface area contributed by atoms with Gasteiger partial charge in [0, 0.05) is 18.4 Å². The minimum Gasteiger partial charge on any atom is -0.435 e. The lowest BCUT2D eigenvalue weighted by molar-refractivity contribution is -0.792. The number of alkyl halides is 1. The van der Waals surface area contributed by atoms with Gasteiger partial charge in [0.2, 0.25) is 0 Å². The van der Waals surface area contributed by atoms with Crippen LogP contribution in [-0.4, -0.2) is 44.8 Å². The highest BCUT2D eigenvalue weighted by molar-refractivity contribution is 9.10. The second-order valence-electron chi connectivity index (χ2n) is 8.12. The van der Waals surface area contributed by atoms with Crippen LogP contribution in [0.1, 0.15) is 62.9 Å². The number of hydrogen-bond donors (Lipinski definition) is 1. The van der Waals surface area contributed by atoms with E-state index in [9.17, 15) is 19.5 Å². The molecule has 1 aromatic rings. The summed E-state index contributed by atoms with van der Waals surface area (Å²) in [5.41, 5.74) is 1.64. The lowest BCUT2D eigenvalue weighted by Gasteiger charge is -2.30. The first-order chi connectivity index (χ1) is 12.0. The first-order valence-corrected chi connectivity index (χ1v) is 9.85. The summed E-state index contributed by atoms with van der Waals surface area (Å²) < 4.78 is -0.571. The molecule has 5 nitrogen and oxygen atoms in total. The predicted octanol–water partition coefficient (Wildman–Crippen LogP) is 4.52. The first-order valence-electron chi connectivity index (χ1n) is 8.93. The van der Waals surface area contributed by atoms with Gasteiger partial charge in [-0.2, -0.15) is 9.28 Å². The summed E-state index contributed by atoms with van der Waals surface area (Å²) in [7, 11) is 0. The van der Waals surface area contributed by atoms with Crippen molar-refractivity contribution < 1.29 is 24.0 Å². The van der Waals surface area contributed by atoms with Crippen LogP contribution >= 0.6 is 15.9 Å². The third-order valence-electron chi connectivity index (χ3n) is 5.35. The number of Topliss-reactive ketones (excluding diaryl/α,β-unsaturated/α-hetero) is 1. The fourth-order valence-corrected chi connectivity index (χ4v) is 4.10. The largest absolute Gasteiger partial charge is 0.521 e. The molecule has 1 N–H and O–H groups in total. The molecule has 2 unspecified atom stereocenters. The zero-order chi connectivity index (χ0) is 19.7. The molecule has 26 heavy (non-hydrogen) atoms. The Bertz CT molecular complexity index is 708. The van der Waals surface area contributed by atoms with E-state index in [1.165, 1.54) is 0 Å². The highest BCUT2D eigenvalue weighted by Crippen LogP contribution is 2.30. The van der Waals surface area contributed by atoms with Gasteiger partial charge in [0.25, 0.3) is 0 Å². The Hall–Kier alpha value is -1.53. The fourth-order valence-electron chi connectivity index (χ4n) is 3.56. The normalized spacial score (nSPS) is 24.3. The summed E-state index contributed by atoms with van der Waals surface area (Å²) in [4.78, 5) is 36.5. The molecule has 2 amide bonds. The molecular weight excluding hydrogens is 398 g/mol. The van der Waals surface area contributed by atoms with Crippen molar-refractivity contribution in [2.75, 3.05) is 6.54 Å². The Morgan fingerprint density at radius 2 is 1.81 bits per heavy atom. The third-order valence-corrected chi connectivity index (χ3v) is 6.08. The van der Waals surface area contributed by atoms with Crippen molar-refractivity contribution in [3.63, 3.8) is 0 Å². The minimum absolute atomic E-state index is 0.00466. The molecule has 0 spiro atoms. The number of quaternary nitrogens is 1. The van der Waals surface area contributed by atoms with Gasteiger partial charge < -0.3 is 5.11 Å². The monoisotopic (exact) mass is 424 g/mol. The maximum absolute atomic E-state index is 12.8. The Labute approximate surface area is 163 Å². The number of carboxylic acid groups (broad SMARTS) is 1. The summed E-state index contributed by atoms with van der Waals surface area (Å²) in [6, 6.07) is 7.11. The van der Waals surface area contributed by atoms with Crippen molar-refractivity contribution in [1.29, 1.82) is 0 Å². The van der Waals surface area contributed by atoms with E-state index in [2.05, 4.69) is 36.7 Å². The second-order valence-corrected chi connectivity index (χ2v) is 9.23. The number of imide groups is 1. The van der Waals surface area contributed by atoms with E-state index < -0.39 is 21.3 Å². The van der Waals surface area contributed by atoms with Crippen molar-refractivity contribution in [2.24, 2.45) is 0 Å². The number of ketones is 1. The smallest absolute Gasteiger partial charge is 0.435 e. The lowest BCUT2D eigenvalue weighted by Crippen LogP contribution is -2.59. The number of amides is 2. The van der Waals surface area contributed by atoms with Crippen LogP contribution < -0.4 is 0 Å². The number of hydrogen-bond acceptors (Lipinski definition) is 3. The van der Waals surface area contributed by atoms with E-state index in [-0.39, 0.29) is 23.7 Å². The molecule has 1 fully saturated rings. The minimum atomic E-state index is -1.12. The van der Waals surface area contributed by atoms with Crippen molar-refractivity contribution in [3.05, 3.63) is 35.4 Å². The van der Waals surface area contributed by atoms with Gasteiger partial charge in [-0.25, -0.2) is 4.79 Å². The molecule has 3 atom stereocenters. The average Bonchev–Trinajstić information content (AvgIpc) is 2.96. The van der Waals surface area contributed by atoms with E-state index in [1.807, 2.05) is 12.1 Å². The maximum atomic E-state index is 12.8. The molecule has 0 aromatic heterocycles. The van der Waals surface area contributed by atoms with Gasteiger partial charge >= 0.3 is 12.0 Å². The molecule has 2 rings (SSSR count). The molecule has 0 saturated carbocycles. The Morgan fingerprint density at radius 3 is 2.23 bits per heavy atom. The second kappa shape index (κ2) is 7.61. The zero-order valence-electron chi connectivity index (χ0n) is 15.8. The van der Waals surface area contributed by atoms with Crippen LogP contribution in [0.2, 0.25) is 0 Å². The summed E-state index contributed by atoms with van der Waals surface area (Å²) >= 11 is 3.31.